The minimum atomic E-state index is -0.809. The van der Waals surface area contributed by atoms with Gasteiger partial charge in [0.15, 0.2) is 0 Å². The van der Waals surface area contributed by atoms with E-state index in [4.69, 9.17) is 5.11 Å². The number of nitrogens with one attached hydrogen (secondary N) is 2. The monoisotopic (exact) mass is 294 g/mol. The number of aryl methyl sites for hydroxylation is 1. The Balaban J connectivity index is 1.91. The van der Waals surface area contributed by atoms with Gasteiger partial charge in [0.1, 0.15) is 5.82 Å². The number of halogens is 1. The molecule has 0 radical (unpaired) electrons. The van der Waals surface area contributed by atoms with Crippen LogP contribution in [-0.2, 0) is 4.79 Å². The Morgan fingerprint density at radius 3 is 2.76 bits per heavy atom. The van der Waals surface area contributed by atoms with Crippen molar-refractivity contribution in [3.05, 3.63) is 29.6 Å². The molecule has 1 aliphatic rings. The Hall–Kier alpha value is -2.11. The molecule has 6 heteroatoms. The number of hydrogen-bond donors (Lipinski definition) is 3. The van der Waals surface area contributed by atoms with Gasteiger partial charge in [0.05, 0.1) is 5.92 Å². The smallest absolute Gasteiger partial charge is 0.319 e. The number of hydrogen-bond acceptors (Lipinski definition) is 2. The summed E-state index contributed by atoms with van der Waals surface area (Å²) in [6.07, 6.45) is 2.68. The second-order valence-electron chi connectivity index (χ2n) is 5.46. The second kappa shape index (κ2) is 6.56. The van der Waals surface area contributed by atoms with E-state index in [1.165, 1.54) is 18.2 Å². The number of benzene rings is 1. The van der Waals surface area contributed by atoms with Crippen molar-refractivity contribution in [2.24, 2.45) is 5.92 Å². The maximum atomic E-state index is 13.0. The van der Waals surface area contributed by atoms with Gasteiger partial charge in [-0.1, -0.05) is 6.42 Å². The molecule has 1 saturated carbocycles. The lowest BCUT2D eigenvalue weighted by Gasteiger charge is -2.27. The first-order valence-corrected chi connectivity index (χ1v) is 7.02. The number of amides is 2. The van der Waals surface area contributed by atoms with Crippen molar-refractivity contribution in [2.45, 2.75) is 38.6 Å². The lowest BCUT2D eigenvalue weighted by molar-refractivity contribution is -0.143. The first kappa shape index (κ1) is 15.3. The number of carboxylic acids is 1. The molecule has 0 heterocycles. The Morgan fingerprint density at radius 2 is 2.10 bits per heavy atom. The Kier molecular flexibility index (Phi) is 4.77. The molecule has 1 aliphatic carbocycles. The molecular formula is C15H19FN2O3. The van der Waals surface area contributed by atoms with Gasteiger partial charge in [0.25, 0.3) is 0 Å². The normalized spacial score (nSPS) is 21.6. The molecule has 0 aromatic heterocycles. The predicted octanol–water partition coefficient (Wildman–Crippen LogP) is 2.90. The summed E-state index contributed by atoms with van der Waals surface area (Å²) < 4.78 is 13.0. The van der Waals surface area contributed by atoms with Crippen LogP contribution >= 0.6 is 0 Å². The van der Waals surface area contributed by atoms with Crippen molar-refractivity contribution in [3.8, 4) is 0 Å². The minimum absolute atomic E-state index is 0.138. The molecule has 0 saturated heterocycles. The molecule has 1 aromatic carbocycles. The van der Waals surface area contributed by atoms with Gasteiger partial charge in [-0.2, -0.15) is 0 Å². The molecule has 1 aromatic rings. The summed E-state index contributed by atoms with van der Waals surface area (Å²) >= 11 is 0. The number of urea groups is 1. The van der Waals surface area contributed by atoms with Gasteiger partial charge in [-0.15, -0.1) is 0 Å². The van der Waals surface area contributed by atoms with E-state index in [1.807, 2.05) is 0 Å². The fraction of sp³-hybridized carbons (Fsp3) is 0.467. The summed E-state index contributed by atoms with van der Waals surface area (Å²) in [5.41, 5.74) is 1.18. The number of carbonyl (C=O) groups excluding carboxylic acids is 1. The zero-order valence-corrected chi connectivity index (χ0v) is 11.9. The van der Waals surface area contributed by atoms with E-state index in [2.05, 4.69) is 10.6 Å². The van der Waals surface area contributed by atoms with Crippen LogP contribution in [0.1, 0.15) is 31.2 Å². The molecular weight excluding hydrogens is 275 g/mol. The van der Waals surface area contributed by atoms with E-state index in [1.54, 1.807) is 6.92 Å². The van der Waals surface area contributed by atoms with E-state index in [0.29, 0.717) is 24.1 Å². The standard InChI is InChI=1S/C15H19FN2O3/c1-9-7-11(16)5-6-13(9)18-15(21)17-12-4-2-3-10(8-12)14(19)20/h5-7,10,12H,2-4,8H2,1H3,(H,19,20)(H2,17,18,21). The summed E-state index contributed by atoms with van der Waals surface area (Å²) in [6.45, 7) is 1.71. The number of carboxylic acid groups (broad SMARTS) is 1. The van der Waals surface area contributed by atoms with Crippen molar-refractivity contribution in [3.63, 3.8) is 0 Å². The summed E-state index contributed by atoms with van der Waals surface area (Å²) in [4.78, 5) is 22.9. The Bertz CT molecular complexity index is 548. The Morgan fingerprint density at radius 1 is 1.33 bits per heavy atom. The third-order valence-corrected chi connectivity index (χ3v) is 3.80. The molecule has 2 atom stereocenters. The van der Waals surface area contributed by atoms with Gasteiger partial charge in [-0.3, -0.25) is 4.79 Å². The highest BCUT2D eigenvalue weighted by Gasteiger charge is 2.27. The molecule has 2 amide bonds. The number of anilines is 1. The molecule has 2 unspecified atom stereocenters. The molecule has 1 fully saturated rings. The molecule has 114 valence electrons. The van der Waals surface area contributed by atoms with E-state index < -0.39 is 11.9 Å². The molecule has 5 nitrogen and oxygen atoms in total. The quantitative estimate of drug-likeness (QED) is 0.802. The fourth-order valence-electron chi connectivity index (χ4n) is 2.66. The number of aliphatic carboxylic acids is 1. The Labute approximate surface area is 122 Å². The van der Waals surface area contributed by atoms with Crippen LogP contribution < -0.4 is 10.6 Å². The number of carbonyl (C=O) groups is 2. The van der Waals surface area contributed by atoms with Crippen molar-refractivity contribution < 1.29 is 19.1 Å². The highest BCUT2D eigenvalue weighted by molar-refractivity contribution is 5.90. The van der Waals surface area contributed by atoms with Crippen LogP contribution in [-0.4, -0.2) is 23.1 Å². The molecule has 0 bridgehead atoms. The van der Waals surface area contributed by atoms with Crippen molar-refractivity contribution in [1.29, 1.82) is 0 Å². The highest BCUT2D eigenvalue weighted by Crippen LogP contribution is 2.24. The third-order valence-electron chi connectivity index (χ3n) is 3.80. The van der Waals surface area contributed by atoms with E-state index in [9.17, 15) is 14.0 Å². The van der Waals surface area contributed by atoms with E-state index in [-0.39, 0.29) is 17.9 Å². The average molecular weight is 294 g/mol. The van der Waals surface area contributed by atoms with Gasteiger partial charge >= 0.3 is 12.0 Å². The molecule has 0 aliphatic heterocycles. The molecule has 21 heavy (non-hydrogen) atoms. The van der Waals surface area contributed by atoms with Gasteiger partial charge in [-0.25, -0.2) is 9.18 Å². The summed E-state index contributed by atoms with van der Waals surface area (Å²) in [7, 11) is 0. The molecule has 2 rings (SSSR count). The number of rotatable bonds is 3. The van der Waals surface area contributed by atoms with Crippen LogP contribution in [0.2, 0.25) is 0 Å². The van der Waals surface area contributed by atoms with Gasteiger partial charge in [-0.05, 0) is 49.9 Å². The summed E-state index contributed by atoms with van der Waals surface area (Å²) in [5, 5.41) is 14.5. The second-order valence-corrected chi connectivity index (χ2v) is 5.46. The summed E-state index contributed by atoms with van der Waals surface area (Å²) in [5.74, 6) is -1.55. The van der Waals surface area contributed by atoms with Crippen LogP contribution in [0.4, 0.5) is 14.9 Å². The SMILES string of the molecule is Cc1cc(F)ccc1NC(=O)NC1CCCC(C(=O)O)C1. The van der Waals surface area contributed by atoms with Crippen molar-refractivity contribution >= 4 is 17.7 Å². The van der Waals surface area contributed by atoms with Crippen molar-refractivity contribution in [2.75, 3.05) is 5.32 Å². The van der Waals surface area contributed by atoms with Gasteiger partial charge in [0, 0.05) is 11.7 Å². The lowest BCUT2D eigenvalue weighted by Crippen LogP contribution is -2.42. The van der Waals surface area contributed by atoms with Gasteiger partial charge < -0.3 is 15.7 Å². The van der Waals surface area contributed by atoms with Crippen molar-refractivity contribution in [1.82, 2.24) is 5.32 Å². The van der Waals surface area contributed by atoms with Crippen LogP contribution in [0.5, 0.6) is 0 Å². The van der Waals surface area contributed by atoms with Gasteiger partial charge in [0.2, 0.25) is 0 Å². The van der Waals surface area contributed by atoms with E-state index in [0.717, 1.165) is 12.8 Å². The van der Waals surface area contributed by atoms with Crippen LogP contribution in [0.15, 0.2) is 18.2 Å². The summed E-state index contributed by atoms with van der Waals surface area (Å²) in [6, 6.07) is 3.60. The zero-order chi connectivity index (χ0) is 15.4. The maximum Gasteiger partial charge on any atom is 0.319 e. The first-order chi connectivity index (χ1) is 9.95. The third kappa shape index (κ3) is 4.18. The topological polar surface area (TPSA) is 78.4 Å². The molecule has 3 N–H and O–H groups in total. The zero-order valence-electron chi connectivity index (χ0n) is 11.9. The first-order valence-electron chi connectivity index (χ1n) is 7.02. The van der Waals surface area contributed by atoms with E-state index >= 15 is 0 Å². The predicted molar refractivity (Wildman–Crippen MR) is 76.7 cm³/mol. The fourth-order valence-corrected chi connectivity index (χ4v) is 2.66. The van der Waals surface area contributed by atoms with Crippen LogP contribution in [0, 0.1) is 18.7 Å². The largest absolute Gasteiger partial charge is 0.481 e. The van der Waals surface area contributed by atoms with Crippen LogP contribution in [0.3, 0.4) is 0 Å². The maximum absolute atomic E-state index is 13.0. The average Bonchev–Trinajstić information content (AvgIpc) is 2.42. The van der Waals surface area contributed by atoms with Crippen LogP contribution in [0.25, 0.3) is 0 Å². The highest BCUT2D eigenvalue weighted by atomic mass is 19.1. The molecule has 0 spiro atoms. The minimum Gasteiger partial charge on any atom is -0.481 e. The lowest BCUT2D eigenvalue weighted by atomic mass is 9.86.